The number of benzene rings is 8. The fourth-order valence-electron chi connectivity index (χ4n) is 14.6. The molecule has 0 aliphatic heterocycles. The normalized spacial score (nSPS) is 12.8. The molecule has 2 N–H and O–H groups in total. The zero-order valence-electron chi connectivity index (χ0n) is 64.5. The Morgan fingerprint density at radius 2 is 0.627 bits per heavy atom. The van der Waals surface area contributed by atoms with Crippen LogP contribution in [-0.2, 0) is 82.3 Å². The molecule has 2 aromatic heterocycles. The van der Waals surface area contributed by atoms with Crippen molar-refractivity contribution >= 4 is 101 Å². The largest absolute Gasteiger partial charge is 0 e. The van der Waals surface area contributed by atoms with Gasteiger partial charge >= 0.3 is 49.5 Å². The summed E-state index contributed by atoms with van der Waals surface area (Å²) in [6.45, 7) is 51.0. The SMILES string of the molecule is C.[CH2-][O+](CCC[O+]([CH2-])c1ccc(Cl)cc1-c1cc(C(C)(C)CC(C)(C)C)cc(-n2c3ccc(C(C)(C)C)cc3c3cc(C(C)(C)C)ccc32)c1O)c1ccc(Cl)cc1-c1cc(C(C)(C)CC(C)(C)C)cc(-n2c3ccc(C(C)(C)C)cc3c3cc(C(C)(C)C)ccc32)c1O.[CH3-].[CH3-].[Cl][Hf]([Cl])([Cl])[Cl].[Hf]. The molecule has 10 aromatic rings. The minimum absolute atomic E-state index is 0. The third kappa shape index (κ3) is 20.0. The summed E-state index contributed by atoms with van der Waals surface area (Å²) in [5, 5.41) is 32.2. The van der Waals surface area contributed by atoms with E-state index in [-0.39, 0.29) is 103 Å². The molecule has 14 heteroatoms. The molecule has 0 amide bonds. The summed E-state index contributed by atoms with van der Waals surface area (Å²) in [4.78, 5) is 0. The number of fused-ring (bicyclic) bond motifs is 6. The Kier molecular flexibility index (Phi) is 27.9. The second kappa shape index (κ2) is 32.1. The van der Waals surface area contributed by atoms with Gasteiger partial charge in [-0.25, -0.2) is 0 Å². The summed E-state index contributed by atoms with van der Waals surface area (Å²) in [5.41, 5.74) is 14.6. The van der Waals surface area contributed by atoms with Crippen LogP contribution in [0.2, 0.25) is 10.0 Å². The van der Waals surface area contributed by atoms with E-state index >= 15 is 0 Å². The standard InChI is InChI=1S/C85H104Cl2N2O4.CH4.2CH3.4ClH.2Hf/c1-78(2,3)50-84(19,20)56-44-66(76(90)72(46-56)88-68-32-26-52(80(7,8)9)40-60(68)61-41-53(81(10,11)12)27-33-69(61)88)64-48-58(86)30-36-74(64)92(23)38-25-39-93(24)75-37-31-59(87)49-65(75)67-45-57(85(21,22)51-79(4,5)6)47-73(77(67)91)89-70-34-28-54(82(13,14)15)42-62(70)63-43-55(83(16,17)18)29-35-71(63)89;;;;;;;;;/h26-37,40-49,90-91H,23-25,38-39,50-51H2,1-22H3;1H4;2*1H3;4*1H;;/q;;2*-1;;;;;;+4/p-4. The topological polar surface area (TPSA) is 55.7 Å². The van der Waals surface area contributed by atoms with E-state index in [2.05, 4.69) is 281 Å². The van der Waals surface area contributed by atoms with Crippen LogP contribution in [0, 0.1) is 39.9 Å². The van der Waals surface area contributed by atoms with Gasteiger partial charge < -0.3 is 42.9 Å². The molecule has 0 aliphatic rings. The fraction of sp³-hybridized carbons (Fsp3) is 0.409. The molecule has 0 bridgehead atoms. The van der Waals surface area contributed by atoms with E-state index in [1.54, 1.807) is 0 Å². The van der Waals surface area contributed by atoms with Crippen LogP contribution in [0.1, 0.15) is 212 Å². The van der Waals surface area contributed by atoms with E-state index in [9.17, 15) is 10.2 Å². The Bertz CT molecular complexity index is 4210. The molecule has 0 atom stereocenters. The number of aromatic hydroxyl groups is 2. The van der Waals surface area contributed by atoms with Gasteiger partial charge in [0.05, 0.1) is 44.6 Å². The third-order valence-electron chi connectivity index (χ3n) is 19.0. The van der Waals surface area contributed by atoms with Crippen LogP contribution >= 0.6 is 57.5 Å². The van der Waals surface area contributed by atoms with Crippen LogP contribution in [-0.4, -0.2) is 32.6 Å². The number of nitrogens with zero attached hydrogens (tertiary/aromatic N) is 2. The van der Waals surface area contributed by atoms with E-state index in [4.69, 9.17) is 57.5 Å². The van der Waals surface area contributed by atoms with Crippen LogP contribution < -0.4 is 0 Å². The van der Waals surface area contributed by atoms with E-state index in [1.807, 2.05) is 36.4 Å². The minimum atomic E-state index is -3.39. The number of rotatable bonds is 14. The van der Waals surface area contributed by atoms with Crippen molar-refractivity contribution in [1.82, 2.24) is 9.13 Å². The van der Waals surface area contributed by atoms with Crippen LogP contribution in [0.5, 0.6) is 23.0 Å². The zero-order chi connectivity index (χ0) is 72.9. The molecule has 2 heterocycles. The molecular formula is C88H114Cl6Hf2N2O4-2. The van der Waals surface area contributed by atoms with Gasteiger partial charge in [0.25, 0.3) is 0 Å². The average molecular weight is 1830 g/mol. The number of hydrogen-bond donors (Lipinski definition) is 2. The average Bonchev–Trinajstić information content (AvgIpc) is 1.55. The maximum Gasteiger partial charge on any atom is 0 e. The van der Waals surface area contributed by atoms with Crippen molar-refractivity contribution in [3.8, 4) is 56.6 Å². The predicted octanol–water partition coefficient (Wildman–Crippen LogP) is 30.0. The number of phenolic OH excluding ortho intramolecular Hbond substituents is 2. The van der Waals surface area contributed by atoms with Crippen molar-refractivity contribution in [3.63, 3.8) is 0 Å². The molecule has 0 unspecified atom stereocenters. The second-order valence-electron chi connectivity index (χ2n) is 35.1. The van der Waals surface area contributed by atoms with Crippen LogP contribution in [0.15, 0.2) is 133 Å². The van der Waals surface area contributed by atoms with Gasteiger partial charge in [-0.05, 0) is 201 Å². The summed E-state index contributed by atoms with van der Waals surface area (Å²) in [7, 11) is 29.5. The Labute approximate surface area is 661 Å². The van der Waals surface area contributed by atoms with Crippen molar-refractivity contribution in [2.24, 2.45) is 10.8 Å². The van der Waals surface area contributed by atoms with Gasteiger partial charge in [0.2, 0.25) is 11.5 Å². The predicted molar refractivity (Wildman–Crippen MR) is 444 cm³/mol. The van der Waals surface area contributed by atoms with E-state index in [0.717, 1.165) is 90.2 Å². The van der Waals surface area contributed by atoms with Crippen molar-refractivity contribution in [2.45, 2.75) is 212 Å². The molecule has 0 fully saturated rings. The summed E-state index contributed by atoms with van der Waals surface area (Å²) in [6.07, 6.45) is 2.38. The molecule has 0 saturated carbocycles. The molecule has 0 aliphatic carbocycles. The first-order valence-corrected chi connectivity index (χ1v) is 52.7. The Morgan fingerprint density at radius 1 is 0.373 bits per heavy atom. The summed E-state index contributed by atoms with van der Waals surface area (Å²) < 4.78 is 10.8. The molecule has 10 rings (SSSR count). The van der Waals surface area contributed by atoms with Gasteiger partial charge in [0, 0.05) is 80.7 Å². The molecule has 8 aromatic carbocycles. The van der Waals surface area contributed by atoms with Gasteiger partial charge in [-0.3, -0.25) is 0 Å². The van der Waals surface area contributed by atoms with Crippen LogP contribution in [0.3, 0.4) is 0 Å². The number of halogens is 6. The first-order valence-electron chi connectivity index (χ1n) is 34.1. The van der Waals surface area contributed by atoms with Crippen LogP contribution in [0.25, 0.3) is 77.2 Å². The smallest absolute Gasteiger partial charge is 0 e. The molecule has 102 heavy (non-hydrogen) atoms. The van der Waals surface area contributed by atoms with Crippen molar-refractivity contribution < 1.29 is 60.0 Å². The summed E-state index contributed by atoms with van der Waals surface area (Å²) >= 11 is 10.7. The summed E-state index contributed by atoms with van der Waals surface area (Å²) in [6, 6.07) is 47.7. The summed E-state index contributed by atoms with van der Waals surface area (Å²) in [5.74, 6) is 1.78. The Morgan fingerprint density at radius 3 is 0.863 bits per heavy atom. The monoisotopic (exact) mass is 1830 g/mol. The first kappa shape index (κ1) is 88.7. The Balaban J connectivity index is 0.00000201. The van der Waals surface area contributed by atoms with E-state index in [0.29, 0.717) is 52.2 Å². The number of hydrogen-bond acceptors (Lipinski definition) is 2. The quantitative estimate of drug-likeness (QED) is 0.0648. The van der Waals surface area contributed by atoms with Crippen LogP contribution in [0.4, 0.5) is 0 Å². The van der Waals surface area contributed by atoms with Crippen molar-refractivity contribution in [1.29, 1.82) is 0 Å². The van der Waals surface area contributed by atoms with Gasteiger partial charge in [-0.1, -0.05) is 207 Å². The van der Waals surface area contributed by atoms with E-state index in [1.165, 1.54) is 22.3 Å². The fourth-order valence-corrected chi connectivity index (χ4v) is 15.0. The molecule has 552 valence electrons. The van der Waals surface area contributed by atoms with Crippen molar-refractivity contribution in [3.05, 3.63) is 206 Å². The first-order chi connectivity index (χ1) is 44.8. The van der Waals surface area contributed by atoms with Gasteiger partial charge in [0.1, 0.15) is 17.9 Å². The van der Waals surface area contributed by atoms with Gasteiger partial charge in [0.15, 0.2) is 13.2 Å². The maximum absolute atomic E-state index is 13.2. The van der Waals surface area contributed by atoms with E-state index < -0.39 is 15.2 Å². The number of aromatic nitrogens is 2. The van der Waals surface area contributed by atoms with Crippen molar-refractivity contribution in [2.75, 3.05) is 13.2 Å². The maximum atomic E-state index is 13.2. The van der Waals surface area contributed by atoms with Gasteiger partial charge in [-0.15, -0.1) is 0 Å². The van der Waals surface area contributed by atoms with Gasteiger partial charge in [-0.2, -0.15) is 0 Å². The molecular weight excluding hydrogens is 1720 g/mol. The third-order valence-corrected chi connectivity index (χ3v) is 19.5. The molecule has 0 saturated heterocycles. The molecule has 0 radical (unpaired) electrons. The number of phenols is 2. The molecule has 0 spiro atoms. The molecule has 6 nitrogen and oxygen atoms in total. The second-order valence-corrected chi connectivity index (χ2v) is 67.1. The zero-order valence-corrected chi connectivity index (χ0v) is 76.2. The Hall–Kier alpha value is -3.96. The minimum Gasteiger partial charge on any atom is 0 e.